The van der Waals surface area contributed by atoms with Crippen molar-refractivity contribution in [3.8, 4) is 0 Å². The summed E-state index contributed by atoms with van der Waals surface area (Å²) in [4.78, 5) is 25.2. The molecule has 1 aliphatic rings. The molecule has 0 saturated heterocycles. The van der Waals surface area contributed by atoms with Crippen LogP contribution in [0, 0.1) is 6.92 Å². The van der Waals surface area contributed by atoms with Crippen LogP contribution in [0.3, 0.4) is 0 Å². The highest BCUT2D eigenvalue weighted by Gasteiger charge is 2.23. The van der Waals surface area contributed by atoms with Crippen LogP contribution >= 0.6 is 0 Å². The molecule has 1 aliphatic heterocycles. The van der Waals surface area contributed by atoms with E-state index in [4.69, 9.17) is 0 Å². The fraction of sp³-hybridized carbons (Fsp3) is 0.412. The molecular formula is C17H21NO3. The Hall–Kier alpha value is -2.10. The fourth-order valence-corrected chi connectivity index (χ4v) is 2.47. The number of benzene rings is 1. The van der Waals surface area contributed by atoms with Gasteiger partial charge in [-0.2, -0.15) is 0 Å². The van der Waals surface area contributed by atoms with Crippen LogP contribution in [0.2, 0.25) is 0 Å². The average Bonchev–Trinajstić information content (AvgIpc) is 2.83. The summed E-state index contributed by atoms with van der Waals surface area (Å²) in [5.74, 6) is -0.228. The van der Waals surface area contributed by atoms with Gasteiger partial charge in [-0.3, -0.25) is 9.59 Å². The minimum absolute atomic E-state index is 0.0477. The van der Waals surface area contributed by atoms with Gasteiger partial charge in [-0.25, -0.2) is 0 Å². The van der Waals surface area contributed by atoms with E-state index in [1.807, 2.05) is 17.0 Å². The van der Waals surface area contributed by atoms with Crippen molar-refractivity contribution in [3.05, 3.63) is 47.0 Å². The maximum atomic E-state index is 12.2. The first-order chi connectivity index (χ1) is 10.1. The topological polar surface area (TPSA) is 46.6 Å². The molecule has 4 nitrogen and oxygen atoms in total. The standard InChI is InChI=1S/C17H21NO3/c1-13-4-3-5-14(12-13)8-10-18-11-9-15(17(18)20)6-7-16(19)21-2/h3-5,9,12H,6-8,10-11H2,1-2H3. The van der Waals surface area contributed by atoms with Gasteiger partial charge < -0.3 is 9.64 Å². The van der Waals surface area contributed by atoms with Crippen molar-refractivity contribution in [1.82, 2.24) is 4.90 Å². The van der Waals surface area contributed by atoms with E-state index in [9.17, 15) is 9.59 Å². The lowest BCUT2D eigenvalue weighted by Gasteiger charge is -2.16. The number of carbonyl (C=O) groups excluding carboxylic acids is 2. The fourth-order valence-electron chi connectivity index (χ4n) is 2.47. The molecule has 1 heterocycles. The van der Waals surface area contributed by atoms with Gasteiger partial charge >= 0.3 is 5.97 Å². The lowest BCUT2D eigenvalue weighted by molar-refractivity contribution is -0.140. The van der Waals surface area contributed by atoms with E-state index < -0.39 is 0 Å². The molecule has 0 saturated carbocycles. The molecule has 0 aromatic heterocycles. The van der Waals surface area contributed by atoms with Crippen LogP contribution in [0.25, 0.3) is 0 Å². The van der Waals surface area contributed by atoms with Gasteiger partial charge in [0.2, 0.25) is 5.91 Å². The number of esters is 1. The van der Waals surface area contributed by atoms with Crippen LogP contribution < -0.4 is 0 Å². The Kier molecular flexibility index (Phi) is 5.14. The maximum absolute atomic E-state index is 12.2. The normalized spacial score (nSPS) is 14.3. The Balaban J connectivity index is 1.82. The van der Waals surface area contributed by atoms with Gasteiger partial charge in [-0.1, -0.05) is 35.9 Å². The van der Waals surface area contributed by atoms with E-state index in [2.05, 4.69) is 29.9 Å². The average molecular weight is 287 g/mol. The zero-order chi connectivity index (χ0) is 15.2. The van der Waals surface area contributed by atoms with Crippen LogP contribution in [-0.4, -0.2) is 37.0 Å². The van der Waals surface area contributed by atoms with E-state index in [0.717, 1.165) is 12.0 Å². The second kappa shape index (κ2) is 7.07. The number of methoxy groups -OCH3 is 1. The molecule has 21 heavy (non-hydrogen) atoms. The van der Waals surface area contributed by atoms with Gasteiger partial charge in [-0.15, -0.1) is 0 Å². The third-order valence-corrected chi connectivity index (χ3v) is 3.70. The molecule has 1 aromatic carbocycles. The molecule has 1 amide bonds. The Morgan fingerprint density at radius 2 is 2.14 bits per heavy atom. The molecule has 0 atom stereocenters. The minimum Gasteiger partial charge on any atom is -0.469 e. The number of rotatable bonds is 6. The van der Waals surface area contributed by atoms with Crippen LogP contribution in [0.4, 0.5) is 0 Å². The van der Waals surface area contributed by atoms with Crippen molar-refractivity contribution in [3.63, 3.8) is 0 Å². The number of hydrogen-bond acceptors (Lipinski definition) is 3. The van der Waals surface area contributed by atoms with Crippen molar-refractivity contribution in [2.45, 2.75) is 26.2 Å². The molecule has 4 heteroatoms. The van der Waals surface area contributed by atoms with Gasteiger partial charge in [0.05, 0.1) is 7.11 Å². The number of hydrogen-bond donors (Lipinski definition) is 0. The van der Waals surface area contributed by atoms with Gasteiger partial charge in [0.15, 0.2) is 0 Å². The molecule has 0 radical (unpaired) electrons. The SMILES string of the molecule is COC(=O)CCC1=CCN(CCc2cccc(C)c2)C1=O. The Bertz CT molecular complexity index is 563. The number of nitrogens with zero attached hydrogens (tertiary/aromatic N) is 1. The Morgan fingerprint density at radius 3 is 2.86 bits per heavy atom. The quantitative estimate of drug-likeness (QED) is 0.754. The molecule has 0 spiro atoms. The van der Waals surface area contributed by atoms with Crippen molar-refractivity contribution in [2.75, 3.05) is 20.2 Å². The number of aryl methyl sites for hydroxylation is 1. The van der Waals surface area contributed by atoms with E-state index >= 15 is 0 Å². The van der Waals surface area contributed by atoms with E-state index in [-0.39, 0.29) is 18.3 Å². The predicted octanol–water partition coefficient (Wildman–Crippen LogP) is 2.26. The van der Waals surface area contributed by atoms with Gasteiger partial charge in [0.25, 0.3) is 0 Å². The minimum atomic E-state index is -0.276. The summed E-state index contributed by atoms with van der Waals surface area (Å²) in [6, 6.07) is 8.33. The first-order valence-corrected chi connectivity index (χ1v) is 7.21. The third kappa shape index (κ3) is 4.18. The summed E-state index contributed by atoms with van der Waals surface area (Å²) < 4.78 is 4.60. The first-order valence-electron chi connectivity index (χ1n) is 7.21. The third-order valence-electron chi connectivity index (χ3n) is 3.70. The molecule has 112 valence electrons. The first kappa shape index (κ1) is 15.3. The maximum Gasteiger partial charge on any atom is 0.305 e. The summed E-state index contributed by atoms with van der Waals surface area (Å²) in [6.07, 6.45) is 3.50. The van der Waals surface area contributed by atoms with Gasteiger partial charge in [0, 0.05) is 25.1 Å². The number of ether oxygens (including phenoxy) is 1. The largest absolute Gasteiger partial charge is 0.469 e. The van der Waals surface area contributed by atoms with Crippen LogP contribution in [0.15, 0.2) is 35.9 Å². The van der Waals surface area contributed by atoms with Crippen molar-refractivity contribution in [2.24, 2.45) is 0 Å². The second-order valence-electron chi connectivity index (χ2n) is 5.30. The molecule has 0 aliphatic carbocycles. The summed E-state index contributed by atoms with van der Waals surface area (Å²) in [5, 5.41) is 0. The van der Waals surface area contributed by atoms with E-state index in [1.165, 1.54) is 18.2 Å². The molecule has 0 unspecified atom stereocenters. The smallest absolute Gasteiger partial charge is 0.305 e. The van der Waals surface area contributed by atoms with Gasteiger partial charge in [0.1, 0.15) is 0 Å². The second-order valence-corrected chi connectivity index (χ2v) is 5.30. The summed E-state index contributed by atoms with van der Waals surface area (Å²) >= 11 is 0. The van der Waals surface area contributed by atoms with E-state index in [1.54, 1.807) is 0 Å². The lowest BCUT2D eigenvalue weighted by Crippen LogP contribution is -2.29. The van der Waals surface area contributed by atoms with Crippen LogP contribution in [0.1, 0.15) is 24.0 Å². The Labute approximate surface area is 125 Å². The van der Waals surface area contributed by atoms with Crippen molar-refractivity contribution < 1.29 is 14.3 Å². The number of carbonyl (C=O) groups is 2. The molecule has 0 fully saturated rings. The highest BCUT2D eigenvalue weighted by molar-refractivity contribution is 5.96. The summed E-state index contributed by atoms with van der Waals surface area (Å²) in [7, 11) is 1.36. The summed E-state index contributed by atoms with van der Waals surface area (Å²) in [6.45, 7) is 3.42. The lowest BCUT2D eigenvalue weighted by atomic mass is 10.1. The predicted molar refractivity (Wildman–Crippen MR) is 80.8 cm³/mol. The summed E-state index contributed by atoms with van der Waals surface area (Å²) in [5.41, 5.74) is 3.20. The van der Waals surface area contributed by atoms with Crippen molar-refractivity contribution >= 4 is 11.9 Å². The number of amides is 1. The van der Waals surface area contributed by atoms with Crippen LogP contribution in [-0.2, 0) is 20.7 Å². The molecular weight excluding hydrogens is 266 g/mol. The van der Waals surface area contributed by atoms with Crippen molar-refractivity contribution in [1.29, 1.82) is 0 Å². The zero-order valence-corrected chi connectivity index (χ0v) is 12.6. The Morgan fingerprint density at radius 1 is 1.33 bits per heavy atom. The van der Waals surface area contributed by atoms with Crippen LogP contribution in [0.5, 0.6) is 0 Å². The zero-order valence-electron chi connectivity index (χ0n) is 12.6. The highest BCUT2D eigenvalue weighted by atomic mass is 16.5. The monoisotopic (exact) mass is 287 g/mol. The molecule has 0 bridgehead atoms. The molecule has 0 N–H and O–H groups in total. The van der Waals surface area contributed by atoms with Gasteiger partial charge in [-0.05, 0) is 25.3 Å². The van der Waals surface area contributed by atoms with E-state index in [0.29, 0.717) is 19.5 Å². The molecule has 1 aromatic rings. The highest BCUT2D eigenvalue weighted by Crippen LogP contribution is 2.17. The molecule has 2 rings (SSSR count).